The fraction of sp³-hybridized carbons (Fsp3) is 0.500. The summed E-state index contributed by atoms with van der Waals surface area (Å²) in [6.45, 7) is 0. The Bertz CT molecular complexity index is 137. The topological polar surface area (TPSA) is 106 Å². The molecule has 0 aliphatic heterocycles. The van der Waals surface area contributed by atoms with Gasteiger partial charge in [-0.25, -0.2) is 0 Å². The first-order valence-electron chi connectivity index (χ1n) is 2.20. The Kier molecular flexibility index (Phi) is 6.32. The number of carboxylic acid groups (broad SMARTS) is 2. The van der Waals surface area contributed by atoms with E-state index in [2.05, 4.69) is 0 Å². The van der Waals surface area contributed by atoms with Crippen LogP contribution in [0.25, 0.3) is 0 Å². The summed E-state index contributed by atoms with van der Waals surface area (Å²) in [7, 11) is 0. The van der Waals surface area contributed by atoms with Crippen molar-refractivity contribution >= 4 is 11.9 Å². The summed E-state index contributed by atoms with van der Waals surface area (Å²) in [5, 5.41) is 19.3. The molecule has 0 fully saturated rings. The largest absolute Gasteiger partial charge is 2.00 e. The Hall–Kier alpha value is -0.594. The van der Waals surface area contributed by atoms with Gasteiger partial charge in [0.2, 0.25) is 0 Å². The Morgan fingerprint density at radius 2 is 1.80 bits per heavy atom. The van der Waals surface area contributed by atoms with Crippen molar-refractivity contribution in [2.75, 3.05) is 0 Å². The number of aliphatic carboxylic acids is 2. The number of carboxylic acids is 2. The van der Waals surface area contributed by atoms with Crippen molar-refractivity contribution < 1.29 is 36.6 Å². The number of nitrogens with two attached hydrogens (primary N) is 1. The van der Waals surface area contributed by atoms with Crippen LogP contribution in [0, 0.1) is 0 Å². The third-order valence-corrected chi connectivity index (χ3v) is 0.689. The molecule has 0 aromatic heterocycles. The molecule has 0 amide bonds. The predicted octanol–water partition coefficient (Wildman–Crippen LogP) is -3.80. The van der Waals surface area contributed by atoms with Gasteiger partial charge in [-0.1, -0.05) is 0 Å². The average Bonchev–Trinajstić information content (AvgIpc) is 1.63. The van der Waals surface area contributed by atoms with E-state index in [4.69, 9.17) is 5.73 Å². The molecule has 0 saturated heterocycles. The van der Waals surface area contributed by atoms with Gasteiger partial charge < -0.3 is 25.5 Å². The number of hydrogen-bond acceptors (Lipinski definition) is 5. The van der Waals surface area contributed by atoms with Crippen LogP contribution in [0.3, 0.4) is 0 Å². The Balaban J connectivity index is 0. The van der Waals surface area contributed by atoms with Crippen LogP contribution in [0.4, 0.5) is 0 Å². The first-order valence-corrected chi connectivity index (χ1v) is 2.20. The van der Waals surface area contributed by atoms with Gasteiger partial charge in [-0.2, -0.15) is 0 Å². The smallest absolute Gasteiger partial charge is 0.550 e. The van der Waals surface area contributed by atoms with E-state index in [0.29, 0.717) is 0 Å². The maximum atomic E-state index is 9.71. The first-order chi connectivity index (χ1) is 4.04. The Morgan fingerprint density at radius 1 is 1.40 bits per heavy atom. The Labute approximate surface area is 67.4 Å². The summed E-state index contributed by atoms with van der Waals surface area (Å²) in [5.41, 5.74) is 4.73. The molecule has 0 aliphatic carbocycles. The van der Waals surface area contributed by atoms with E-state index in [0.717, 1.165) is 0 Å². The second-order valence-corrected chi connectivity index (χ2v) is 1.50. The van der Waals surface area contributed by atoms with Crippen LogP contribution in [-0.2, 0) is 26.4 Å². The number of hydrogen-bond donors (Lipinski definition) is 1. The van der Waals surface area contributed by atoms with E-state index in [1.807, 2.05) is 0 Å². The molecule has 0 aromatic carbocycles. The monoisotopic (exact) mass is 190 g/mol. The van der Waals surface area contributed by atoms with Crippen LogP contribution in [0.1, 0.15) is 6.42 Å². The van der Waals surface area contributed by atoms with E-state index < -0.39 is 24.4 Å². The minimum atomic E-state index is -1.58. The van der Waals surface area contributed by atoms with Gasteiger partial charge in [-0.05, 0) is 0 Å². The molecular formula is C4H5CoNO4. The van der Waals surface area contributed by atoms with E-state index in [1.54, 1.807) is 0 Å². The molecule has 1 atom stereocenters. The third kappa shape index (κ3) is 5.54. The van der Waals surface area contributed by atoms with Crippen molar-refractivity contribution in [2.45, 2.75) is 12.5 Å². The van der Waals surface area contributed by atoms with E-state index in [-0.39, 0.29) is 16.8 Å². The molecule has 0 saturated carbocycles. The zero-order chi connectivity index (χ0) is 7.44. The minimum Gasteiger partial charge on any atom is -0.550 e. The van der Waals surface area contributed by atoms with Gasteiger partial charge in [-0.15, -0.1) is 0 Å². The second kappa shape index (κ2) is 5.21. The van der Waals surface area contributed by atoms with Crippen LogP contribution in [0.5, 0.6) is 0 Å². The van der Waals surface area contributed by atoms with Crippen molar-refractivity contribution in [2.24, 2.45) is 5.73 Å². The van der Waals surface area contributed by atoms with Crippen molar-refractivity contribution in [3.8, 4) is 0 Å². The summed E-state index contributed by atoms with van der Waals surface area (Å²) >= 11 is 0. The molecule has 59 valence electrons. The van der Waals surface area contributed by atoms with E-state index in [9.17, 15) is 19.8 Å². The maximum absolute atomic E-state index is 9.71. The molecule has 2 N–H and O–H groups in total. The molecule has 0 spiro atoms. The standard InChI is InChI=1S/C4H7NO4.Co/c5-2(4(8)9)1-3(6)7;/h2H,1,5H2,(H,6,7)(H,8,9);/q;+2/p-2. The van der Waals surface area contributed by atoms with Crippen LogP contribution in [-0.4, -0.2) is 18.0 Å². The van der Waals surface area contributed by atoms with Crippen LogP contribution in [0.15, 0.2) is 0 Å². The van der Waals surface area contributed by atoms with Crippen LogP contribution >= 0.6 is 0 Å². The molecule has 5 nitrogen and oxygen atoms in total. The zero-order valence-corrected chi connectivity index (χ0v) is 5.87. The molecule has 10 heavy (non-hydrogen) atoms. The Morgan fingerprint density at radius 3 is 1.90 bits per heavy atom. The summed E-state index contributed by atoms with van der Waals surface area (Å²) in [5.74, 6) is -3.08. The van der Waals surface area contributed by atoms with E-state index >= 15 is 0 Å². The minimum absolute atomic E-state index is 0. The number of carbonyl (C=O) groups is 2. The molecule has 0 heterocycles. The summed E-state index contributed by atoms with van der Waals surface area (Å²) in [6.07, 6.45) is -0.706. The van der Waals surface area contributed by atoms with Gasteiger partial charge in [0, 0.05) is 18.4 Å². The fourth-order valence-corrected chi connectivity index (χ4v) is 0.263. The van der Waals surface area contributed by atoms with Crippen molar-refractivity contribution in [1.82, 2.24) is 0 Å². The average molecular weight is 190 g/mol. The molecule has 6 heteroatoms. The molecule has 1 radical (unpaired) electrons. The van der Waals surface area contributed by atoms with Crippen molar-refractivity contribution in [1.29, 1.82) is 0 Å². The molecular weight excluding hydrogens is 185 g/mol. The van der Waals surface area contributed by atoms with Gasteiger partial charge in [0.1, 0.15) is 0 Å². The van der Waals surface area contributed by atoms with Crippen molar-refractivity contribution in [3.05, 3.63) is 0 Å². The van der Waals surface area contributed by atoms with Gasteiger partial charge in [-0.3, -0.25) is 0 Å². The first kappa shape index (κ1) is 12.1. The summed E-state index contributed by atoms with van der Waals surface area (Å²) in [6, 6.07) is -1.46. The SMILES string of the molecule is NC(CC(=O)[O-])C(=O)[O-].[Co+2]. The third-order valence-electron chi connectivity index (χ3n) is 0.689. The quantitative estimate of drug-likeness (QED) is 0.491. The van der Waals surface area contributed by atoms with Crippen LogP contribution in [0.2, 0.25) is 0 Å². The normalized spacial score (nSPS) is 11.3. The number of rotatable bonds is 3. The maximum Gasteiger partial charge on any atom is 2.00 e. The molecule has 0 bridgehead atoms. The summed E-state index contributed by atoms with van der Waals surface area (Å²) in [4.78, 5) is 19.3. The van der Waals surface area contributed by atoms with Gasteiger partial charge in [0.25, 0.3) is 0 Å². The van der Waals surface area contributed by atoms with E-state index in [1.165, 1.54) is 0 Å². The van der Waals surface area contributed by atoms with Gasteiger partial charge in [0.15, 0.2) is 0 Å². The fourth-order valence-electron chi connectivity index (χ4n) is 0.263. The zero-order valence-electron chi connectivity index (χ0n) is 4.83. The van der Waals surface area contributed by atoms with Crippen molar-refractivity contribution in [3.63, 3.8) is 0 Å². The molecule has 0 rings (SSSR count). The van der Waals surface area contributed by atoms with Crippen LogP contribution < -0.4 is 15.9 Å². The predicted molar refractivity (Wildman–Crippen MR) is 22.6 cm³/mol. The van der Waals surface area contributed by atoms with Gasteiger partial charge >= 0.3 is 16.8 Å². The second-order valence-electron chi connectivity index (χ2n) is 1.50. The molecule has 0 aromatic rings. The summed E-state index contributed by atoms with van der Waals surface area (Å²) < 4.78 is 0. The molecule has 0 aliphatic rings. The number of carbonyl (C=O) groups excluding carboxylic acids is 2. The molecule has 1 unspecified atom stereocenters. The van der Waals surface area contributed by atoms with Gasteiger partial charge in [0.05, 0.1) is 5.97 Å².